The van der Waals surface area contributed by atoms with Gasteiger partial charge >= 0.3 is 5.97 Å². The molecule has 0 saturated carbocycles. The van der Waals surface area contributed by atoms with Gasteiger partial charge in [0, 0.05) is 12.1 Å². The molecule has 2 aromatic carbocycles. The fourth-order valence-corrected chi connectivity index (χ4v) is 6.46. The van der Waals surface area contributed by atoms with E-state index >= 15 is 0 Å². The number of nitro benzene ring substituents is 1. The summed E-state index contributed by atoms with van der Waals surface area (Å²) in [5.41, 5.74) is 0.312. The molecule has 2 aromatic rings. The minimum atomic E-state index is -4.08. The minimum Gasteiger partial charge on any atom is -0.484 e. The average Bonchev–Trinajstić information content (AvgIpc) is 2.99. The number of fused-ring (bicyclic) bond motifs is 1. The number of ether oxygens (including phenoxy) is 2. The summed E-state index contributed by atoms with van der Waals surface area (Å²) in [5, 5.41) is 11.7. The number of hydrogen-bond donors (Lipinski definition) is 1. The van der Waals surface area contributed by atoms with Crippen LogP contribution >= 0.6 is 0 Å². The van der Waals surface area contributed by atoms with Gasteiger partial charge in [0.15, 0.2) is 21.8 Å². The Morgan fingerprint density at radius 2 is 1.75 bits per heavy atom. The molecule has 0 radical (unpaired) electrons. The fraction of sp³-hybridized carbons (Fsp3) is 0.348. The standard InChI is InChI=1S/C23H23N3O9S/c1-23(2)19(22(29)35-12-14-8-10-15(11-9-14)26(30)31)25-20(28)18(21(25)36(23,32)33)24-17(27)13-34-16-6-4-3-5-7-16/h3-11,18-19,21H,12-13H2,1-2H3,(H,24,27)/t18-,19+,21-/m1/s1. The van der Waals surface area contributed by atoms with Gasteiger partial charge in [-0.05, 0) is 43.7 Å². The first kappa shape index (κ1) is 25.1. The zero-order chi connectivity index (χ0) is 26.3. The van der Waals surface area contributed by atoms with E-state index < -0.39 is 61.4 Å². The van der Waals surface area contributed by atoms with Crippen LogP contribution in [-0.2, 0) is 35.6 Å². The van der Waals surface area contributed by atoms with Crippen LogP contribution in [0.5, 0.6) is 5.75 Å². The summed E-state index contributed by atoms with van der Waals surface area (Å²) in [6.07, 6.45) is 0. The second-order valence-electron chi connectivity index (χ2n) is 8.87. The van der Waals surface area contributed by atoms with Crippen LogP contribution < -0.4 is 10.1 Å². The summed E-state index contributed by atoms with van der Waals surface area (Å²) < 4.78 is 35.4. The summed E-state index contributed by atoms with van der Waals surface area (Å²) in [4.78, 5) is 49.2. The molecule has 13 heteroatoms. The summed E-state index contributed by atoms with van der Waals surface area (Å²) in [5.74, 6) is -1.91. The van der Waals surface area contributed by atoms with Crippen LogP contribution in [-0.4, -0.2) is 64.8 Å². The number of nitro groups is 1. The molecule has 190 valence electrons. The number of β-lactam (4-membered cyclic amide) rings is 1. The molecule has 2 heterocycles. The highest BCUT2D eigenvalue weighted by Gasteiger charge is 2.72. The van der Waals surface area contributed by atoms with E-state index in [0.717, 1.165) is 4.90 Å². The fourth-order valence-electron chi connectivity index (χ4n) is 4.25. The van der Waals surface area contributed by atoms with Crippen molar-refractivity contribution in [1.82, 2.24) is 10.2 Å². The van der Waals surface area contributed by atoms with E-state index in [1.807, 2.05) is 0 Å². The molecule has 2 aliphatic heterocycles. The Morgan fingerprint density at radius 3 is 2.36 bits per heavy atom. The molecular weight excluding hydrogens is 494 g/mol. The van der Waals surface area contributed by atoms with Crippen LogP contribution in [0.4, 0.5) is 5.69 Å². The number of para-hydroxylation sites is 1. The van der Waals surface area contributed by atoms with E-state index in [1.165, 1.54) is 38.1 Å². The number of hydrogen-bond acceptors (Lipinski definition) is 9. The van der Waals surface area contributed by atoms with Gasteiger partial charge in [-0.2, -0.15) is 0 Å². The van der Waals surface area contributed by atoms with E-state index in [0.29, 0.717) is 11.3 Å². The van der Waals surface area contributed by atoms with Crippen molar-refractivity contribution >= 4 is 33.3 Å². The molecule has 0 spiro atoms. The molecule has 0 aliphatic carbocycles. The van der Waals surface area contributed by atoms with Gasteiger partial charge in [0.05, 0.1) is 4.92 Å². The van der Waals surface area contributed by atoms with E-state index in [1.54, 1.807) is 30.3 Å². The highest BCUT2D eigenvalue weighted by atomic mass is 32.2. The molecule has 36 heavy (non-hydrogen) atoms. The zero-order valence-electron chi connectivity index (χ0n) is 19.3. The first-order valence-corrected chi connectivity index (χ1v) is 12.4. The van der Waals surface area contributed by atoms with Crippen LogP contribution in [0.15, 0.2) is 54.6 Å². The normalized spacial score (nSPS) is 23.2. The largest absolute Gasteiger partial charge is 0.484 e. The molecule has 2 fully saturated rings. The lowest BCUT2D eigenvalue weighted by molar-refractivity contribution is -0.384. The summed E-state index contributed by atoms with van der Waals surface area (Å²) in [7, 11) is -4.08. The second-order valence-corrected chi connectivity index (χ2v) is 11.5. The molecule has 4 rings (SSSR count). The average molecular weight is 518 g/mol. The molecule has 2 aliphatic rings. The minimum absolute atomic E-state index is 0.135. The number of sulfone groups is 1. The van der Waals surface area contributed by atoms with Gasteiger partial charge in [0.1, 0.15) is 29.2 Å². The van der Waals surface area contributed by atoms with Gasteiger partial charge in [-0.25, -0.2) is 13.2 Å². The highest BCUT2D eigenvalue weighted by molar-refractivity contribution is 7.94. The van der Waals surface area contributed by atoms with Crippen LogP contribution in [0.3, 0.4) is 0 Å². The molecule has 1 N–H and O–H groups in total. The first-order chi connectivity index (χ1) is 16.9. The van der Waals surface area contributed by atoms with Crippen molar-refractivity contribution in [2.45, 2.75) is 42.7 Å². The number of nitrogens with zero attached hydrogens (tertiary/aromatic N) is 2. The van der Waals surface area contributed by atoms with Crippen molar-refractivity contribution in [3.8, 4) is 5.75 Å². The Bertz CT molecular complexity index is 1310. The van der Waals surface area contributed by atoms with Gasteiger partial charge in [0.25, 0.3) is 11.6 Å². The van der Waals surface area contributed by atoms with E-state index in [4.69, 9.17) is 9.47 Å². The number of esters is 1. The number of amides is 2. The predicted octanol–water partition coefficient (Wildman–Crippen LogP) is 0.946. The number of nitrogens with one attached hydrogen (secondary N) is 1. The molecule has 2 amide bonds. The predicted molar refractivity (Wildman–Crippen MR) is 124 cm³/mol. The summed E-state index contributed by atoms with van der Waals surface area (Å²) >= 11 is 0. The number of carbonyl (C=O) groups excluding carboxylic acids is 3. The van der Waals surface area contributed by atoms with Crippen molar-refractivity contribution < 1.29 is 37.2 Å². The van der Waals surface area contributed by atoms with Gasteiger partial charge in [-0.1, -0.05) is 18.2 Å². The van der Waals surface area contributed by atoms with E-state index in [2.05, 4.69) is 5.32 Å². The van der Waals surface area contributed by atoms with Crippen molar-refractivity contribution in [1.29, 1.82) is 0 Å². The van der Waals surface area contributed by atoms with Crippen molar-refractivity contribution in [3.05, 3.63) is 70.3 Å². The molecule has 0 aromatic heterocycles. The van der Waals surface area contributed by atoms with Crippen LogP contribution in [0.1, 0.15) is 19.4 Å². The first-order valence-electron chi connectivity index (χ1n) is 10.9. The van der Waals surface area contributed by atoms with Crippen LogP contribution in [0.25, 0.3) is 0 Å². The molecule has 12 nitrogen and oxygen atoms in total. The SMILES string of the molecule is CC1(C)[C@H](C(=O)OCc2ccc([N+](=O)[O-])cc2)N2C(=O)[C@@H](NC(=O)COc3ccccc3)[C@H]2S1(=O)=O. The monoisotopic (exact) mass is 517 g/mol. The lowest BCUT2D eigenvalue weighted by Crippen LogP contribution is -2.72. The van der Waals surface area contributed by atoms with Crippen LogP contribution in [0, 0.1) is 10.1 Å². The number of benzene rings is 2. The zero-order valence-corrected chi connectivity index (χ0v) is 20.1. The molecular formula is C23H23N3O9S. The highest BCUT2D eigenvalue weighted by Crippen LogP contribution is 2.46. The molecule has 2 saturated heterocycles. The lowest BCUT2D eigenvalue weighted by atomic mass is 9.96. The van der Waals surface area contributed by atoms with Crippen molar-refractivity contribution in [3.63, 3.8) is 0 Å². The third-order valence-electron chi connectivity index (χ3n) is 6.25. The Balaban J connectivity index is 1.43. The molecule has 3 atom stereocenters. The molecule has 0 bridgehead atoms. The summed E-state index contributed by atoms with van der Waals surface area (Å²) in [6.45, 7) is 1.95. The molecule has 0 unspecified atom stereocenters. The van der Waals surface area contributed by atoms with Crippen molar-refractivity contribution in [2.75, 3.05) is 6.61 Å². The van der Waals surface area contributed by atoms with Gasteiger partial charge in [0.2, 0.25) is 5.91 Å². The quantitative estimate of drug-likeness (QED) is 0.232. The maximum Gasteiger partial charge on any atom is 0.330 e. The van der Waals surface area contributed by atoms with Gasteiger partial charge < -0.3 is 19.7 Å². The number of rotatable bonds is 8. The number of non-ortho nitro benzene ring substituents is 1. The third kappa shape index (κ3) is 4.26. The topological polar surface area (TPSA) is 162 Å². The summed E-state index contributed by atoms with van der Waals surface area (Å²) in [6, 6.07) is 11.0. The lowest BCUT2D eigenvalue weighted by Gasteiger charge is -2.42. The Hall–Kier alpha value is -4.00. The maximum atomic E-state index is 13.2. The maximum absolute atomic E-state index is 13.2. The Labute approximate surface area is 206 Å². The second kappa shape index (κ2) is 9.22. The third-order valence-corrected chi connectivity index (χ3v) is 9.07. The number of carbonyl (C=O) groups is 3. The van der Waals surface area contributed by atoms with E-state index in [9.17, 15) is 32.9 Å². The van der Waals surface area contributed by atoms with Crippen LogP contribution in [0.2, 0.25) is 0 Å². The van der Waals surface area contributed by atoms with Gasteiger partial charge in [-0.3, -0.25) is 19.7 Å². The van der Waals surface area contributed by atoms with Gasteiger partial charge in [-0.15, -0.1) is 0 Å². The van der Waals surface area contributed by atoms with Crippen molar-refractivity contribution in [2.24, 2.45) is 0 Å². The Morgan fingerprint density at radius 1 is 1.11 bits per heavy atom. The Kier molecular flexibility index (Phi) is 6.43. The van der Waals surface area contributed by atoms with E-state index in [-0.39, 0.29) is 12.3 Å². The smallest absolute Gasteiger partial charge is 0.330 e.